The molecule has 94 valence electrons. The topological polar surface area (TPSA) is 53.4 Å². The summed E-state index contributed by atoms with van der Waals surface area (Å²) < 4.78 is 13.4. The molecule has 3 nitrogen and oxygen atoms in total. The summed E-state index contributed by atoms with van der Waals surface area (Å²) in [5, 5.41) is 20.4. The SMILES string of the molecule is Oc1ccc2cncc(-c3ccc(O)c(F)c3)c2c1. The second-order valence-corrected chi connectivity index (χ2v) is 4.26. The number of phenols is 2. The van der Waals surface area contributed by atoms with Gasteiger partial charge in [0.1, 0.15) is 5.75 Å². The second-order valence-electron chi connectivity index (χ2n) is 4.26. The fourth-order valence-corrected chi connectivity index (χ4v) is 2.06. The molecule has 0 unspecified atom stereocenters. The Morgan fingerprint density at radius 3 is 2.58 bits per heavy atom. The summed E-state index contributed by atoms with van der Waals surface area (Å²) in [4.78, 5) is 4.10. The number of pyridine rings is 1. The number of fused-ring (bicyclic) bond motifs is 1. The first-order valence-corrected chi connectivity index (χ1v) is 5.71. The van der Waals surface area contributed by atoms with Gasteiger partial charge in [-0.1, -0.05) is 6.07 Å². The van der Waals surface area contributed by atoms with Gasteiger partial charge in [0.15, 0.2) is 11.6 Å². The van der Waals surface area contributed by atoms with Gasteiger partial charge in [0.25, 0.3) is 0 Å². The lowest BCUT2D eigenvalue weighted by Gasteiger charge is -2.07. The van der Waals surface area contributed by atoms with E-state index in [1.165, 1.54) is 12.1 Å². The van der Waals surface area contributed by atoms with Gasteiger partial charge in [0.2, 0.25) is 0 Å². The number of aromatic nitrogens is 1. The van der Waals surface area contributed by atoms with Gasteiger partial charge in [-0.25, -0.2) is 4.39 Å². The van der Waals surface area contributed by atoms with Crippen LogP contribution in [-0.2, 0) is 0 Å². The minimum absolute atomic E-state index is 0.138. The van der Waals surface area contributed by atoms with Gasteiger partial charge < -0.3 is 10.2 Å². The smallest absolute Gasteiger partial charge is 0.165 e. The summed E-state index contributed by atoms with van der Waals surface area (Å²) in [6, 6.07) is 9.08. The molecule has 0 aliphatic carbocycles. The van der Waals surface area contributed by atoms with Crippen LogP contribution in [0.15, 0.2) is 48.8 Å². The maximum Gasteiger partial charge on any atom is 0.165 e. The van der Waals surface area contributed by atoms with E-state index in [4.69, 9.17) is 0 Å². The van der Waals surface area contributed by atoms with Crippen molar-refractivity contribution in [2.45, 2.75) is 0 Å². The molecule has 0 radical (unpaired) electrons. The van der Waals surface area contributed by atoms with Gasteiger partial charge in [-0.2, -0.15) is 0 Å². The normalized spacial score (nSPS) is 10.8. The van der Waals surface area contributed by atoms with Crippen molar-refractivity contribution in [3.63, 3.8) is 0 Å². The Morgan fingerprint density at radius 2 is 1.79 bits per heavy atom. The lowest BCUT2D eigenvalue weighted by Crippen LogP contribution is -1.85. The molecule has 0 bridgehead atoms. The Bertz CT molecular complexity index is 771. The van der Waals surface area contributed by atoms with Crippen LogP contribution in [0.3, 0.4) is 0 Å². The first-order chi connectivity index (χ1) is 9.15. The minimum Gasteiger partial charge on any atom is -0.508 e. The molecule has 2 N–H and O–H groups in total. The first-order valence-electron chi connectivity index (χ1n) is 5.71. The molecule has 1 aromatic heterocycles. The predicted octanol–water partition coefficient (Wildman–Crippen LogP) is 3.45. The Hall–Kier alpha value is -2.62. The Labute approximate surface area is 108 Å². The molecule has 0 aliphatic rings. The van der Waals surface area contributed by atoms with Gasteiger partial charge in [-0.15, -0.1) is 0 Å². The maximum atomic E-state index is 13.4. The van der Waals surface area contributed by atoms with Crippen LogP contribution in [0.2, 0.25) is 0 Å². The van der Waals surface area contributed by atoms with Gasteiger partial charge in [0.05, 0.1) is 0 Å². The Balaban J connectivity index is 2.29. The molecule has 0 fully saturated rings. The van der Waals surface area contributed by atoms with Crippen LogP contribution in [-0.4, -0.2) is 15.2 Å². The predicted molar refractivity (Wildman–Crippen MR) is 70.5 cm³/mol. The highest BCUT2D eigenvalue weighted by Crippen LogP contribution is 2.31. The molecular weight excluding hydrogens is 245 g/mol. The van der Waals surface area contributed by atoms with Crippen molar-refractivity contribution in [2.24, 2.45) is 0 Å². The van der Waals surface area contributed by atoms with E-state index in [-0.39, 0.29) is 11.5 Å². The highest BCUT2D eigenvalue weighted by atomic mass is 19.1. The lowest BCUT2D eigenvalue weighted by atomic mass is 10.0. The number of aromatic hydroxyl groups is 2. The van der Waals surface area contributed by atoms with Crippen LogP contribution in [0, 0.1) is 5.82 Å². The van der Waals surface area contributed by atoms with E-state index in [1.54, 1.807) is 36.7 Å². The molecule has 0 saturated heterocycles. The van der Waals surface area contributed by atoms with Crippen LogP contribution in [0.5, 0.6) is 11.5 Å². The lowest BCUT2D eigenvalue weighted by molar-refractivity contribution is 0.432. The number of phenolic OH excluding ortho intramolecular Hbond substituents is 2. The molecule has 19 heavy (non-hydrogen) atoms. The van der Waals surface area contributed by atoms with Crippen molar-refractivity contribution in [1.29, 1.82) is 0 Å². The first kappa shape index (κ1) is 11.5. The average molecular weight is 255 g/mol. The van der Waals surface area contributed by atoms with E-state index >= 15 is 0 Å². The average Bonchev–Trinajstić information content (AvgIpc) is 2.41. The standard InChI is InChI=1S/C15H10FNO2/c16-14-5-9(2-4-15(14)19)13-8-17-7-10-1-3-11(18)6-12(10)13/h1-8,18-19H. The molecular formula is C15H10FNO2. The van der Waals surface area contributed by atoms with E-state index in [0.29, 0.717) is 11.1 Å². The largest absolute Gasteiger partial charge is 0.508 e. The number of rotatable bonds is 1. The van der Waals surface area contributed by atoms with Crippen LogP contribution in [0.4, 0.5) is 4.39 Å². The van der Waals surface area contributed by atoms with Crippen molar-refractivity contribution in [3.8, 4) is 22.6 Å². The fraction of sp³-hybridized carbons (Fsp3) is 0. The quantitative estimate of drug-likeness (QED) is 0.700. The third-order valence-electron chi connectivity index (χ3n) is 3.00. The van der Waals surface area contributed by atoms with Crippen LogP contribution in [0.25, 0.3) is 21.9 Å². The number of hydrogen-bond acceptors (Lipinski definition) is 3. The van der Waals surface area contributed by atoms with E-state index in [9.17, 15) is 14.6 Å². The van der Waals surface area contributed by atoms with E-state index < -0.39 is 5.82 Å². The number of hydrogen-bond donors (Lipinski definition) is 2. The summed E-state index contributed by atoms with van der Waals surface area (Å²) in [5.74, 6) is -0.936. The molecule has 0 saturated carbocycles. The summed E-state index contributed by atoms with van der Waals surface area (Å²) >= 11 is 0. The minimum atomic E-state index is -0.686. The highest BCUT2D eigenvalue weighted by Gasteiger charge is 2.08. The highest BCUT2D eigenvalue weighted by molar-refractivity contribution is 5.96. The summed E-state index contributed by atoms with van der Waals surface area (Å²) in [5.41, 5.74) is 1.30. The molecule has 0 atom stereocenters. The number of halogens is 1. The number of nitrogens with zero attached hydrogens (tertiary/aromatic N) is 1. The summed E-state index contributed by atoms with van der Waals surface area (Å²) in [6.45, 7) is 0. The third kappa shape index (κ3) is 1.97. The van der Waals surface area contributed by atoms with Crippen LogP contribution >= 0.6 is 0 Å². The molecule has 0 amide bonds. The third-order valence-corrected chi connectivity index (χ3v) is 3.00. The zero-order valence-corrected chi connectivity index (χ0v) is 9.84. The van der Waals surface area contributed by atoms with Crippen LogP contribution in [0.1, 0.15) is 0 Å². The van der Waals surface area contributed by atoms with Crippen molar-refractivity contribution in [2.75, 3.05) is 0 Å². The van der Waals surface area contributed by atoms with Gasteiger partial charge in [-0.3, -0.25) is 4.98 Å². The molecule has 3 aromatic rings. The van der Waals surface area contributed by atoms with Crippen molar-refractivity contribution < 1.29 is 14.6 Å². The second kappa shape index (κ2) is 4.24. The Morgan fingerprint density at radius 1 is 0.947 bits per heavy atom. The summed E-state index contributed by atoms with van der Waals surface area (Å²) in [6.07, 6.45) is 3.28. The molecule has 0 aliphatic heterocycles. The zero-order valence-electron chi connectivity index (χ0n) is 9.84. The molecule has 0 spiro atoms. The van der Waals surface area contributed by atoms with E-state index in [2.05, 4.69) is 4.98 Å². The molecule has 4 heteroatoms. The van der Waals surface area contributed by atoms with Crippen molar-refractivity contribution in [1.82, 2.24) is 4.98 Å². The zero-order chi connectivity index (χ0) is 13.4. The van der Waals surface area contributed by atoms with Crippen molar-refractivity contribution in [3.05, 3.63) is 54.6 Å². The van der Waals surface area contributed by atoms with Gasteiger partial charge in [0, 0.05) is 23.3 Å². The maximum absolute atomic E-state index is 13.4. The van der Waals surface area contributed by atoms with Crippen molar-refractivity contribution >= 4 is 10.8 Å². The molecule has 3 rings (SSSR count). The van der Waals surface area contributed by atoms with Gasteiger partial charge in [-0.05, 0) is 41.3 Å². The van der Waals surface area contributed by atoms with Gasteiger partial charge >= 0.3 is 0 Å². The molecule has 2 aromatic carbocycles. The fourth-order valence-electron chi connectivity index (χ4n) is 2.06. The van der Waals surface area contributed by atoms with Crippen LogP contribution < -0.4 is 0 Å². The van der Waals surface area contributed by atoms with E-state index in [0.717, 1.165) is 10.8 Å². The monoisotopic (exact) mass is 255 g/mol. The number of benzene rings is 2. The summed E-state index contributed by atoms with van der Waals surface area (Å²) in [7, 11) is 0. The molecule has 1 heterocycles. The Kier molecular flexibility index (Phi) is 2.56. The van der Waals surface area contributed by atoms with E-state index in [1.807, 2.05) is 0 Å².